The second-order valence-electron chi connectivity index (χ2n) is 8.76. The van der Waals surface area contributed by atoms with Gasteiger partial charge in [0.05, 0.1) is 11.4 Å². The highest BCUT2D eigenvalue weighted by Gasteiger charge is 2.37. The zero-order valence-corrected chi connectivity index (χ0v) is 17.4. The van der Waals surface area contributed by atoms with Gasteiger partial charge in [-0.1, -0.05) is 38.1 Å². The van der Waals surface area contributed by atoms with Crippen LogP contribution in [-0.4, -0.2) is 38.2 Å². The van der Waals surface area contributed by atoms with Crippen molar-refractivity contribution < 1.29 is 4.79 Å². The number of pyridine rings is 1. The number of hydrogen-bond donors (Lipinski definition) is 0. The number of hydrogen-bond acceptors (Lipinski definition) is 3. The number of piperidine rings is 1. The molecular formula is C24H26N4O2. The van der Waals surface area contributed by atoms with Gasteiger partial charge in [0.2, 0.25) is 0 Å². The van der Waals surface area contributed by atoms with Crippen LogP contribution in [0.15, 0.2) is 59.4 Å². The number of carbonyl (C=O) groups is 1. The second-order valence-corrected chi connectivity index (χ2v) is 8.76. The number of amides is 1. The molecule has 2 bridgehead atoms. The standard InChI is InChI=1S/C24H26N4O2/c1-16(2)20-12-22(28(25-20)19-7-4-3-5-8-19)24(30)26-13-17-11-18(15-26)21-9-6-10-23(29)27(21)14-17/h3-10,12,16-18H,11,13-15H2,1-2H3/t17-,18+/m1/s1. The lowest BCUT2D eigenvalue weighted by atomic mass is 9.83. The highest BCUT2D eigenvalue weighted by atomic mass is 16.2. The van der Waals surface area contributed by atoms with Crippen LogP contribution in [0.1, 0.15) is 54.0 Å². The molecule has 1 fully saturated rings. The number of likely N-dealkylation sites (tertiary alicyclic amines) is 1. The smallest absolute Gasteiger partial charge is 0.272 e. The molecule has 1 amide bonds. The van der Waals surface area contributed by atoms with Gasteiger partial charge in [0.15, 0.2) is 0 Å². The van der Waals surface area contributed by atoms with Crippen molar-refractivity contribution in [2.75, 3.05) is 13.1 Å². The molecule has 6 nitrogen and oxygen atoms in total. The van der Waals surface area contributed by atoms with Crippen LogP contribution in [0.4, 0.5) is 0 Å². The fourth-order valence-electron chi connectivity index (χ4n) is 4.82. The van der Waals surface area contributed by atoms with E-state index in [0.29, 0.717) is 31.2 Å². The van der Waals surface area contributed by atoms with Crippen molar-refractivity contribution in [1.82, 2.24) is 19.2 Å². The van der Waals surface area contributed by atoms with Gasteiger partial charge in [0.25, 0.3) is 11.5 Å². The molecule has 2 aliphatic heterocycles. The summed E-state index contributed by atoms with van der Waals surface area (Å²) in [6, 6.07) is 17.2. The summed E-state index contributed by atoms with van der Waals surface area (Å²) in [4.78, 5) is 27.9. The number of aromatic nitrogens is 3. The molecule has 3 aromatic rings. The Kier molecular flexibility index (Phi) is 4.57. The predicted molar refractivity (Wildman–Crippen MR) is 115 cm³/mol. The zero-order chi connectivity index (χ0) is 20.8. The van der Waals surface area contributed by atoms with E-state index in [2.05, 4.69) is 13.8 Å². The van der Waals surface area contributed by atoms with Crippen LogP contribution in [0, 0.1) is 5.92 Å². The van der Waals surface area contributed by atoms with Gasteiger partial charge in [-0.2, -0.15) is 5.10 Å². The van der Waals surface area contributed by atoms with Crippen LogP contribution in [0.2, 0.25) is 0 Å². The number of nitrogens with zero attached hydrogens (tertiary/aromatic N) is 4. The van der Waals surface area contributed by atoms with Crippen molar-refractivity contribution >= 4 is 5.91 Å². The summed E-state index contributed by atoms with van der Waals surface area (Å²) in [5.41, 5.74) is 3.52. The summed E-state index contributed by atoms with van der Waals surface area (Å²) in [6.07, 6.45) is 1.03. The fraction of sp³-hybridized carbons (Fsp3) is 0.375. The van der Waals surface area contributed by atoms with Crippen LogP contribution >= 0.6 is 0 Å². The molecule has 0 N–H and O–H groups in total. The highest BCUT2D eigenvalue weighted by Crippen LogP contribution is 2.35. The molecule has 6 heteroatoms. The van der Waals surface area contributed by atoms with Crippen LogP contribution in [-0.2, 0) is 6.54 Å². The second kappa shape index (κ2) is 7.27. The molecule has 1 saturated heterocycles. The van der Waals surface area contributed by atoms with Crippen molar-refractivity contribution in [3.63, 3.8) is 0 Å². The molecule has 1 aromatic carbocycles. The fourth-order valence-corrected chi connectivity index (χ4v) is 4.82. The van der Waals surface area contributed by atoms with Gasteiger partial charge in [-0.3, -0.25) is 9.59 Å². The van der Waals surface area contributed by atoms with Crippen molar-refractivity contribution in [2.24, 2.45) is 5.92 Å². The topological polar surface area (TPSA) is 60.1 Å². The van der Waals surface area contributed by atoms with Gasteiger partial charge >= 0.3 is 0 Å². The predicted octanol–water partition coefficient (Wildman–Crippen LogP) is 3.42. The van der Waals surface area contributed by atoms with Crippen molar-refractivity contribution in [3.8, 4) is 5.69 Å². The molecule has 0 spiro atoms. The minimum Gasteiger partial charge on any atom is -0.336 e. The number of para-hydroxylation sites is 1. The number of fused-ring (bicyclic) bond motifs is 4. The van der Waals surface area contributed by atoms with Gasteiger partial charge in [-0.15, -0.1) is 0 Å². The first-order valence-electron chi connectivity index (χ1n) is 10.7. The van der Waals surface area contributed by atoms with E-state index in [9.17, 15) is 9.59 Å². The van der Waals surface area contributed by atoms with E-state index in [1.54, 1.807) is 10.7 Å². The molecule has 2 aromatic heterocycles. The Morgan fingerprint density at radius 2 is 1.83 bits per heavy atom. The number of carbonyl (C=O) groups excluding carboxylic acids is 1. The van der Waals surface area contributed by atoms with E-state index in [1.165, 1.54) is 0 Å². The minimum atomic E-state index is 0.0136. The van der Waals surface area contributed by atoms with Gasteiger partial charge < -0.3 is 9.47 Å². The van der Waals surface area contributed by atoms with E-state index in [4.69, 9.17) is 5.10 Å². The maximum Gasteiger partial charge on any atom is 0.272 e. The molecule has 4 heterocycles. The Hall–Kier alpha value is -3.15. The normalized spacial score (nSPS) is 20.3. The van der Waals surface area contributed by atoms with Crippen LogP contribution in [0.25, 0.3) is 5.69 Å². The van der Waals surface area contributed by atoms with Crippen LogP contribution < -0.4 is 5.56 Å². The van der Waals surface area contributed by atoms with Gasteiger partial charge in [0, 0.05) is 37.3 Å². The molecule has 0 radical (unpaired) electrons. The summed E-state index contributed by atoms with van der Waals surface area (Å²) in [7, 11) is 0. The number of benzene rings is 1. The maximum atomic E-state index is 13.6. The van der Waals surface area contributed by atoms with Crippen molar-refractivity contribution in [1.29, 1.82) is 0 Å². The maximum absolute atomic E-state index is 13.6. The first kappa shape index (κ1) is 18.9. The SMILES string of the molecule is CC(C)c1cc(C(=O)N2C[C@H]3C[C@@H](C2)c2cccc(=O)n2C3)n(-c2ccccc2)n1. The summed E-state index contributed by atoms with van der Waals surface area (Å²) in [5.74, 6) is 0.756. The Balaban J connectivity index is 1.50. The van der Waals surface area contributed by atoms with E-state index < -0.39 is 0 Å². The Morgan fingerprint density at radius 3 is 2.60 bits per heavy atom. The third-order valence-electron chi connectivity index (χ3n) is 6.31. The molecule has 2 atom stereocenters. The lowest BCUT2D eigenvalue weighted by Gasteiger charge is -2.42. The average molecular weight is 402 g/mol. The van der Waals surface area contributed by atoms with Crippen LogP contribution in [0.3, 0.4) is 0 Å². The molecule has 0 unspecified atom stereocenters. The van der Waals surface area contributed by atoms with Crippen LogP contribution in [0.5, 0.6) is 0 Å². The Morgan fingerprint density at radius 1 is 1.03 bits per heavy atom. The summed E-state index contributed by atoms with van der Waals surface area (Å²) >= 11 is 0. The van der Waals surface area contributed by atoms with E-state index in [1.807, 2.05) is 58.0 Å². The highest BCUT2D eigenvalue weighted by molar-refractivity contribution is 5.93. The van der Waals surface area contributed by atoms with E-state index in [-0.39, 0.29) is 23.3 Å². The largest absolute Gasteiger partial charge is 0.336 e. The monoisotopic (exact) mass is 402 g/mol. The quantitative estimate of drug-likeness (QED) is 0.675. The average Bonchev–Trinajstić information content (AvgIpc) is 3.20. The molecule has 5 rings (SSSR count). The van der Waals surface area contributed by atoms with Crippen molar-refractivity contribution in [3.05, 3.63) is 82.0 Å². The third kappa shape index (κ3) is 3.16. The first-order chi connectivity index (χ1) is 14.5. The molecule has 2 aliphatic rings. The molecule has 154 valence electrons. The first-order valence-corrected chi connectivity index (χ1v) is 10.7. The Bertz CT molecular complexity index is 1150. The van der Waals surface area contributed by atoms with Gasteiger partial charge in [-0.05, 0) is 42.5 Å². The van der Waals surface area contributed by atoms with Gasteiger partial charge in [-0.25, -0.2) is 4.68 Å². The summed E-state index contributed by atoms with van der Waals surface area (Å²) in [6.45, 7) is 6.17. The van der Waals surface area contributed by atoms with E-state index in [0.717, 1.165) is 23.5 Å². The van der Waals surface area contributed by atoms with Gasteiger partial charge in [0.1, 0.15) is 5.69 Å². The lowest BCUT2D eigenvalue weighted by molar-refractivity contribution is 0.0585. The van der Waals surface area contributed by atoms with E-state index >= 15 is 0 Å². The number of rotatable bonds is 3. The minimum absolute atomic E-state index is 0.0136. The summed E-state index contributed by atoms with van der Waals surface area (Å²) in [5, 5.41) is 4.74. The summed E-state index contributed by atoms with van der Waals surface area (Å²) < 4.78 is 3.67. The molecule has 0 aliphatic carbocycles. The molecule has 30 heavy (non-hydrogen) atoms. The zero-order valence-electron chi connectivity index (χ0n) is 17.4. The van der Waals surface area contributed by atoms with Crippen molar-refractivity contribution in [2.45, 2.75) is 38.6 Å². The third-order valence-corrected chi connectivity index (χ3v) is 6.31. The molecule has 0 saturated carbocycles. The molecular weight excluding hydrogens is 376 g/mol. The lowest BCUT2D eigenvalue weighted by Crippen LogP contribution is -2.49. The Labute approximate surface area is 175 Å².